The molecule has 0 aromatic heterocycles. The number of benzene rings is 1. The van der Waals surface area contributed by atoms with E-state index in [9.17, 15) is 22.4 Å². The number of amides is 1. The van der Waals surface area contributed by atoms with Gasteiger partial charge in [-0.25, -0.2) is 9.82 Å². The summed E-state index contributed by atoms with van der Waals surface area (Å²) in [6.45, 7) is 1.90. The van der Waals surface area contributed by atoms with E-state index in [0.717, 1.165) is 25.0 Å². The van der Waals surface area contributed by atoms with Gasteiger partial charge in [-0.1, -0.05) is 6.07 Å². The van der Waals surface area contributed by atoms with Gasteiger partial charge in [-0.15, -0.1) is 0 Å². The highest BCUT2D eigenvalue weighted by Crippen LogP contribution is 2.31. The fourth-order valence-electron chi connectivity index (χ4n) is 1.91. The van der Waals surface area contributed by atoms with Crippen molar-refractivity contribution in [2.75, 3.05) is 6.54 Å². The Hall–Kier alpha value is -1.63. The number of hydrogen-bond acceptors (Lipinski definition) is 2. The van der Waals surface area contributed by atoms with Gasteiger partial charge in [-0.2, -0.15) is 13.2 Å². The van der Waals surface area contributed by atoms with Crippen LogP contribution in [0.25, 0.3) is 0 Å². The lowest BCUT2D eigenvalue weighted by atomic mass is 10.1. The molecule has 3 nitrogen and oxygen atoms in total. The van der Waals surface area contributed by atoms with Crippen LogP contribution >= 0.6 is 0 Å². The number of nitrogens with one attached hydrogen (secondary N) is 1. The average molecular weight is 304 g/mol. The van der Waals surface area contributed by atoms with E-state index in [-0.39, 0.29) is 18.0 Å². The normalized spacial score (nSPS) is 15.1. The maximum Gasteiger partial charge on any atom is 0.416 e. The van der Waals surface area contributed by atoms with Gasteiger partial charge in [0.2, 0.25) is 5.91 Å². The Kier molecular flexibility index (Phi) is 4.51. The van der Waals surface area contributed by atoms with E-state index < -0.39 is 17.6 Å². The summed E-state index contributed by atoms with van der Waals surface area (Å²) in [6, 6.07) is 2.38. The van der Waals surface area contributed by atoms with Crippen LogP contribution in [0, 0.1) is 11.7 Å². The van der Waals surface area contributed by atoms with Gasteiger partial charge in [0, 0.05) is 25.6 Å². The van der Waals surface area contributed by atoms with Gasteiger partial charge in [-0.05, 0) is 30.9 Å². The zero-order chi connectivity index (χ0) is 15.6. The summed E-state index contributed by atoms with van der Waals surface area (Å²) in [5.41, 5.74) is 1.83. The number of nitrogens with zero attached hydrogens (tertiary/aromatic N) is 1. The second-order valence-electron chi connectivity index (χ2n) is 5.21. The van der Waals surface area contributed by atoms with Gasteiger partial charge >= 0.3 is 6.18 Å². The van der Waals surface area contributed by atoms with E-state index in [4.69, 9.17) is 0 Å². The Balaban J connectivity index is 2.00. The molecule has 1 aromatic carbocycles. The maximum atomic E-state index is 13.7. The Morgan fingerprint density at radius 2 is 2.05 bits per heavy atom. The average Bonchev–Trinajstić information content (AvgIpc) is 3.18. The number of hydrogen-bond donors (Lipinski definition) is 1. The summed E-state index contributed by atoms with van der Waals surface area (Å²) >= 11 is 0. The van der Waals surface area contributed by atoms with Crippen LogP contribution in [0.1, 0.15) is 30.9 Å². The summed E-state index contributed by atoms with van der Waals surface area (Å²) in [5, 5.41) is 1.38. The second kappa shape index (κ2) is 6.01. The molecule has 116 valence electrons. The highest BCUT2D eigenvalue weighted by molar-refractivity contribution is 5.72. The summed E-state index contributed by atoms with van der Waals surface area (Å²) in [6.07, 6.45) is -2.45. The van der Waals surface area contributed by atoms with Crippen LogP contribution in [0.3, 0.4) is 0 Å². The molecule has 21 heavy (non-hydrogen) atoms. The first-order valence-electron chi connectivity index (χ1n) is 6.64. The van der Waals surface area contributed by atoms with Gasteiger partial charge in [0.25, 0.3) is 0 Å². The minimum Gasteiger partial charge on any atom is -0.278 e. The fraction of sp³-hybridized carbons (Fsp3) is 0.500. The third-order valence-electron chi connectivity index (χ3n) is 3.36. The van der Waals surface area contributed by atoms with Gasteiger partial charge in [-0.3, -0.25) is 9.80 Å². The van der Waals surface area contributed by atoms with Crippen molar-refractivity contribution in [2.45, 2.75) is 32.5 Å². The van der Waals surface area contributed by atoms with Crippen molar-refractivity contribution in [1.82, 2.24) is 10.4 Å². The zero-order valence-corrected chi connectivity index (χ0v) is 11.5. The Labute approximate surface area is 119 Å². The van der Waals surface area contributed by atoms with Crippen LogP contribution < -0.4 is 5.43 Å². The lowest BCUT2D eigenvalue weighted by Gasteiger charge is -2.22. The Morgan fingerprint density at radius 3 is 2.52 bits per heavy atom. The van der Waals surface area contributed by atoms with E-state index in [1.165, 1.54) is 11.9 Å². The van der Waals surface area contributed by atoms with Crippen molar-refractivity contribution in [3.8, 4) is 0 Å². The molecule has 1 amide bonds. The van der Waals surface area contributed by atoms with E-state index in [0.29, 0.717) is 18.5 Å². The fourth-order valence-corrected chi connectivity index (χ4v) is 1.91. The molecule has 1 N–H and O–H groups in total. The summed E-state index contributed by atoms with van der Waals surface area (Å²) in [5.74, 6) is -0.680. The summed E-state index contributed by atoms with van der Waals surface area (Å²) in [7, 11) is 0. The van der Waals surface area contributed by atoms with E-state index in [1.807, 2.05) is 0 Å². The number of rotatable bonds is 5. The van der Waals surface area contributed by atoms with Crippen LogP contribution in [-0.4, -0.2) is 17.5 Å². The smallest absolute Gasteiger partial charge is 0.278 e. The molecule has 0 radical (unpaired) electrons. The molecule has 0 heterocycles. The number of hydrazine groups is 1. The van der Waals surface area contributed by atoms with Crippen LogP contribution in [-0.2, 0) is 17.5 Å². The van der Waals surface area contributed by atoms with E-state index in [2.05, 4.69) is 5.43 Å². The maximum absolute atomic E-state index is 13.7. The van der Waals surface area contributed by atoms with Crippen LogP contribution in [0.4, 0.5) is 17.6 Å². The summed E-state index contributed by atoms with van der Waals surface area (Å²) in [4.78, 5) is 11.4. The highest BCUT2D eigenvalue weighted by atomic mass is 19.4. The van der Waals surface area contributed by atoms with Crippen LogP contribution in [0.15, 0.2) is 18.2 Å². The molecule has 0 atom stereocenters. The van der Waals surface area contributed by atoms with Crippen molar-refractivity contribution in [1.29, 1.82) is 0 Å². The summed E-state index contributed by atoms with van der Waals surface area (Å²) < 4.78 is 51.0. The minimum atomic E-state index is -4.57. The molecule has 0 spiro atoms. The van der Waals surface area contributed by atoms with Gasteiger partial charge in [0.1, 0.15) is 5.82 Å². The molecule has 0 saturated heterocycles. The number of carbonyl (C=O) groups is 1. The quantitative estimate of drug-likeness (QED) is 0.669. The highest BCUT2D eigenvalue weighted by Gasteiger charge is 2.31. The number of alkyl halides is 3. The topological polar surface area (TPSA) is 32.3 Å². The van der Waals surface area contributed by atoms with Gasteiger partial charge in [0.05, 0.1) is 5.56 Å². The van der Waals surface area contributed by atoms with Gasteiger partial charge in [0.15, 0.2) is 0 Å². The second-order valence-corrected chi connectivity index (χ2v) is 5.21. The van der Waals surface area contributed by atoms with Crippen molar-refractivity contribution in [3.05, 3.63) is 35.1 Å². The molecular formula is C14H16F4N2O. The minimum absolute atomic E-state index is 0.0315. The first kappa shape index (κ1) is 15.8. The molecule has 2 rings (SSSR count). The molecule has 0 bridgehead atoms. The zero-order valence-electron chi connectivity index (χ0n) is 11.5. The predicted molar refractivity (Wildman–Crippen MR) is 68.4 cm³/mol. The molecule has 1 aliphatic rings. The predicted octanol–water partition coefficient (Wildman–Crippen LogP) is 3.11. The first-order chi connectivity index (χ1) is 9.77. The van der Waals surface area contributed by atoms with Crippen LogP contribution in [0.5, 0.6) is 0 Å². The third-order valence-corrected chi connectivity index (χ3v) is 3.36. The number of halogens is 4. The monoisotopic (exact) mass is 304 g/mol. The lowest BCUT2D eigenvalue weighted by molar-refractivity contribution is -0.137. The van der Waals surface area contributed by atoms with Gasteiger partial charge < -0.3 is 0 Å². The van der Waals surface area contributed by atoms with E-state index in [1.54, 1.807) is 0 Å². The third kappa shape index (κ3) is 4.42. The largest absolute Gasteiger partial charge is 0.416 e. The molecule has 1 saturated carbocycles. The molecule has 1 aromatic rings. The molecule has 0 unspecified atom stereocenters. The van der Waals surface area contributed by atoms with Crippen molar-refractivity contribution >= 4 is 5.91 Å². The van der Waals surface area contributed by atoms with Crippen molar-refractivity contribution < 1.29 is 22.4 Å². The lowest BCUT2D eigenvalue weighted by Crippen LogP contribution is -2.42. The molecule has 1 aliphatic carbocycles. The molecule has 1 fully saturated rings. The molecular weight excluding hydrogens is 288 g/mol. The first-order valence-corrected chi connectivity index (χ1v) is 6.64. The Bertz CT molecular complexity index is 526. The number of carbonyl (C=O) groups excluding carboxylic acids is 1. The molecule has 7 heteroatoms. The van der Waals surface area contributed by atoms with E-state index >= 15 is 0 Å². The standard InChI is InChI=1S/C14H16F4N2O/c1-9(21)20(8-10-2-3-10)19-7-11-4-5-12(6-13(11)15)14(16,17)18/h4-6,10,19H,2-3,7-8H2,1H3. The van der Waals surface area contributed by atoms with Crippen molar-refractivity contribution in [2.24, 2.45) is 5.92 Å². The van der Waals surface area contributed by atoms with Crippen LogP contribution in [0.2, 0.25) is 0 Å². The SMILES string of the molecule is CC(=O)N(CC1CC1)NCc1ccc(C(F)(F)F)cc1F. The molecule has 0 aliphatic heterocycles. The van der Waals surface area contributed by atoms with Crippen molar-refractivity contribution in [3.63, 3.8) is 0 Å². The Morgan fingerprint density at radius 1 is 1.38 bits per heavy atom.